The summed E-state index contributed by atoms with van der Waals surface area (Å²) >= 11 is 0. The molecule has 1 N–H and O–H groups in total. The van der Waals surface area contributed by atoms with Crippen molar-refractivity contribution in [2.45, 2.75) is 25.3 Å². The average molecular weight is 318 g/mol. The number of methoxy groups -OCH3 is 2. The van der Waals surface area contributed by atoms with Gasteiger partial charge in [-0.1, -0.05) is 6.07 Å². The number of likely N-dealkylation sites (tertiary alicyclic amines) is 1. The second-order valence-corrected chi connectivity index (χ2v) is 6.09. The maximum absolute atomic E-state index is 12.5. The zero-order valence-corrected chi connectivity index (χ0v) is 13.5. The van der Waals surface area contributed by atoms with Gasteiger partial charge in [0, 0.05) is 31.5 Å². The highest BCUT2D eigenvalue weighted by Crippen LogP contribution is 2.32. The molecule has 6 heteroatoms. The van der Waals surface area contributed by atoms with E-state index < -0.39 is 0 Å². The molecule has 124 valence electrons. The number of nitrogens with one attached hydrogen (secondary N) is 1. The van der Waals surface area contributed by atoms with Crippen molar-refractivity contribution in [1.82, 2.24) is 10.2 Å². The van der Waals surface area contributed by atoms with Crippen LogP contribution < -0.4 is 14.8 Å². The van der Waals surface area contributed by atoms with E-state index in [0.717, 1.165) is 19.4 Å². The fraction of sp³-hybridized carbons (Fsp3) is 0.529. The summed E-state index contributed by atoms with van der Waals surface area (Å²) in [6, 6.07) is 5.67. The van der Waals surface area contributed by atoms with Crippen molar-refractivity contribution in [3.8, 4) is 11.5 Å². The number of amides is 2. The Morgan fingerprint density at radius 2 is 1.91 bits per heavy atom. The topological polar surface area (TPSA) is 67.9 Å². The van der Waals surface area contributed by atoms with Crippen molar-refractivity contribution >= 4 is 11.8 Å². The molecular formula is C17H22N2O4. The molecule has 2 amide bonds. The van der Waals surface area contributed by atoms with Crippen molar-refractivity contribution in [2.75, 3.05) is 27.3 Å². The quantitative estimate of drug-likeness (QED) is 0.862. The highest BCUT2D eigenvalue weighted by molar-refractivity contribution is 5.99. The fourth-order valence-electron chi connectivity index (χ4n) is 3.08. The Morgan fingerprint density at radius 1 is 1.26 bits per heavy atom. The number of rotatable bonds is 6. The van der Waals surface area contributed by atoms with Crippen LogP contribution in [-0.2, 0) is 4.79 Å². The van der Waals surface area contributed by atoms with E-state index in [1.54, 1.807) is 18.2 Å². The van der Waals surface area contributed by atoms with Crippen LogP contribution in [0.1, 0.15) is 29.6 Å². The number of hydrogen-bond acceptors (Lipinski definition) is 4. The molecule has 1 heterocycles. The lowest BCUT2D eigenvalue weighted by Crippen LogP contribution is -2.32. The predicted molar refractivity (Wildman–Crippen MR) is 84.7 cm³/mol. The van der Waals surface area contributed by atoms with Crippen LogP contribution in [0.25, 0.3) is 0 Å². The SMILES string of the molecule is COc1cccc(OC)c1C(=O)NCC1CC(=O)N(C2CC2)C1. The first-order valence-electron chi connectivity index (χ1n) is 7.92. The van der Waals surface area contributed by atoms with Crippen molar-refractivity contribution < 1.29 is 19.1 Å². The van der Waals surface area contributed by atoms with Gasteiger partial charge in [0.15, 0.2) is 0 Å². The van der Waals surface area contributed by atoms with E-state index in [-0.39, 0.29) is 17.7 Å². The van der Waals surface area contributed by atoms with Crippen molar-refractivity contribution in [3.63, 3.8) is 0 Å². The van der Waals surface area contributed by atoms with E-state index in [1.165, 1.54) is 14.2 Å². The molecule has 1 unspecified atom stereocenters. The van der Waals surface area contributed by atoms with Crippen molar-refractivity contribution in [2.24, 2.45) is 5.92 Å². The third-order valence-corrected chi connectivity index (χ3v) is 4.43. The van der Waals surface area contributed by atoms with Gasteiger partial charge in [0.05, 0.1) is 14.2 Å². The van der Waals surface area contributed by atoms with E-state index in [1.807, 2.05) is 4.90 Å². The first-order chi connectivity index (χ1) is 11.1. The summed E-state index contributed by atoms with van der Waals surface area (Å²) in [4.78, 5) is 26.4. The van der Waals surface area contributed by atoms with E-state index in [9.17, 15) is 9.59 Å². The van der Waals surface area contributed by atoms with Crippen LogP contribution in [-0.4, -0.2) is 50.1 Å². The van der Waals surface area contributed by atoms with Gasteiger partial charge in [-0.15, -0.1) is 0 Å². The molecule has 0 aromatic heterocycles. The molecule has 1 aliphatic carbocycles. The molecular weight excluding hydrogens is 296 g/mol. The van der Waals surface area contributed by atoms with E-state index in [2.05, 4.69) is 5.32 Å². The minimum Gasteiger partial charge on any atom is -0.496 e. The van der Waals surface area contributed by atoms with Gasteiger partial charge in [0.2, 0.25) is 5.91 Å². The molecule has 0 radical (unpaired) electrons. The first kappa shape index (κ1) is 15.6. The molecule has 2 aliphatic rings. The molecule has 6 nitrogen and oxygen atoms in total. The summed E-state index contributed by atoms with van der Waals surface area (Å²) in [7, 11) is 3.05. The lowest BCUT2D eigenvalue weighted by Gasteiger charge is -2.16. The molecule has 2 fully saturated rings. The Kier molecular flexibility index (Phi) is 4.41. The largest absolute Gasteiger partial charge is 0.496 e. The number of carbonyl (C=O) groups is 2. The third kappa shape index (κ3) is 3.25. The van der Waals surface area contributed by atoms with Crippen LogP contribution >= 0.6 is 0 Å². The summed E-state index contributed by atoms with van der Waals surface area (Å²) < 4.78 is 10.5. The van der Waals surface area contributed by atoms with Gasteiger partial charge in [-0.3, -0.25) is 9.59 Å². The molecule has 3 rings (SSSR count). The highest BCUT2D eigenvalue weighted by atomic mass is 16.5. The molecule has 0 spiro atoms. The van der Waals surface area contributed by atoms with Gasteiger partial charge in [-0.2, -0.15) is 0 Å². The van der Waals surface area contributed by atoms with E-state index >= 15 is 0 Å². The summed E-state index contributed by atoms with van der Waals surface area (Å²) in [5.74, 6) is 1.10. The Hall–Kier alpha value is -2.24. The number of carbonyl (C=O) groups excluding carboxylic acids is 2. The summed E-state index contributed by atoms with van der Waals surface area (Å²) in [6.07, 6.45) is 2.74. The Bertz CT molecular complexity index is 590. The normalized spacial score (nSPS) is 20.5. The molecule has 1 saturated carbocycles. The third-order valence-electron chi connectivity index (χ3n) is 4.43. The average Bonchev–Trinajstić information content (AvgIpc) is 3.34. The van der Waals surface area contributed by atoms with Crippen LogP contribution in [0, 0.1) is 5.92 Å². The number of hydrogen-bond donors (Lipinski definition) is 1. The minimum absolute atomic E-state index is 0.174. The first-order valence-corrected chi connectivity index (χ1v) is 7.92. The minimum atomic E-state index is -0.239. The number of nitrogens with zero attached hydrogens (tertiary/aromatic N) is 1. The second-order valence-electron chi connectivity index (χ2n) is 6.09. The van der Waals surface area contributed by atoms with Crippen LogP contribution in [0.2, 0.25) is 0 Å². The second kappa shape index (κ2) is 6.48. The fourth-order valence-corrected chi connectivity index (χ4v) is 3.08. The maximum atomic E-state index is 12.5. The maximum Gasteiger partial charge on any atom is 0.258 e. The molecule has 1 aromatic carbocycles. The summed E-state index contributed by atoms with van der Waals surface area (Å²) in [5, 5.41) is 2.91. The standard InChI is InChI=1S/C17H22N2O4/c1-22-13-4-3-5-14(23-2)16(13)17(21)18-9-11-8-15(20)19(10-11)12-6-7-12/h3-5,11-12H,6-10H2,1-2H3,(H,18,21). The van der Waals surface area contributed by atoms with Crippen LogP contribution in [0.4, 0.5) is 0 Å². The van der Waals surface area contributed by atoms with Gasteiger partial charge in [-0.05, 0) is 25.0 Å². The highest BCUT2D eigenvalue weighted by Gasteiger charge is 2.39. The molecule has 1 aliphatic heterocycles. The van der Waals surface area contributed by atoms with Gasteiger partial charge in [0.1, 0.15) is 17.1 Å². The van der Waals surface area contributed by atoms with E-state index in [0.29, 0.717) is 36.1 Å². The molecule has 1 atom stereocenters. The van der Waals surface area contributed by atoms with Gasteiger partial charge in [0.25, 0.3) is 5.91 Å². The van der Waals surface area contributed by atoms with Crippen LogP contribution in [0.5, 0.6) is 11.5 Å². The monoisotopic (exact) mass is 318 g/mol. The zero-order chi connectivity index (χ0) is 16.4. The Labute approximate surface area is 135 Å². The molecule has 1 aromatic rings. The molecule has 0 bridgehead atoms. The van der Waals surface area contributed by atoms with Crippen LogP contribution in [0.15, 0.2) is 18.2 Å². The summed E-state index contributed by atoms with van der Waals surface area (Å²) in [5.41, 5.74) is 0.390. The predicted octanol–water partition coefficient (Wildman–Crippen LogP) is 1.44. The van der Waals surface area contributed by atoms with Crippen molar-refractivity contribution in [1.29, 1.82) is 0 Å². The lowest BCUT2D eigenvalue weighted by molar-refractivity contribution is -0.128. The molecule has 1 saturated heterocycles. The Balaban J connectivity index is 1.63. The van der Waals surface area contributed by atoms with Gasteiger partial charge in [-0.25, -0.2) is 0 Å². The van der Waals surface area contributed by atoms with Gasteiger partial charge < -0.3 is 19.7 Å². The lowest BCUT2D eigenvalue weighted by atomic mass is 10.1. The van der Waals surface area contributed by atoms with E-state index in [4.69, 9.17) is 9.47 Å². The summed E-state index contributed by atoms with van der Waals surface area (Å²) in [6.45, 7) is 1.22. The zero-order valence-electron chi connectivity index (χ0n) is 13.5. The Morgan fingerprint density at radius 3 is 2.48 bits per heavy atom. The van der Waals surface area contributed by atoms with Crippen molar-refractivity contribution in [3.05, 3.63) is 23.8 Å². The number of ether oxygens (including phenoxy) is 2. The molecule has 23 heavy (non-hydrogen) atoms. The number of benzene rings is 1. The smallest absolute Gasteiger partial charge is 0.258 e. The van der Waals surface area contributed by atoms with Crippen LogP contribution in [0.3, 0.4) is 0 Å². The van der Waals surface area contributed by atoms with Gasteiger partial charge >= 0.3 is 0 Å².